The van der Waals surface area contributed by atoms with Gasteiger partial charge in [0.1, 0.15) is 12.3 Å². The number of esters is 1. The molecule has 3 rings (SSSR count). The molecule has 6 heteroatoms. The summed E-state index contributed by atoms with van der Waals surface area (Å²) < 4.78 is 10.4. The van der Waals surface area contributed by atoms with Crippen LogP contribution in [-0.2, 0) is 11.3 Å². The van der Waals surface area contributed by atoms with Gasteiger partial charge in [0.2, 0.25) is 0 Å². The predicted molar refractivity (Wildman–Crippen MR) is 87.5 cm³/mol. The van der Waals surface area contributed by atoms with Crippen LogP contribution in [0.5, 0.6) is 0 Å². The normalized spacial score (nSPS) is 10.5. The molecule has 0 unspecified atom stereocenters. The topological polar surface area (TPSA) is 52.3 Å². The van der Waals surface area contributed by atoms with Crippen molar-refractivity contribution >= 4 is 29.2 Å². The first-order valence-electron chi connectivity index (χ1n) is 6.76. The van der Waals surface area contributed by atoms with Crippen molar-refractivity contribution < 1.29 is 14.1 Å². The maximum atomic E-state index is 12.0. The minimum absolute atomic E-state index is 0.0159. The minimum Gasteiger partial charge on any atom is -0.455 e. The van der Waals surface area contributed by atoms with E-state index in [9.17, 15) is 4.79 Å². The third-order valence-electron chi connectivity index (χ3n) is 3.12. The quantitative estimate of drug-likeness (QED) is 0.622. The van der Waals surface area contributed by atoms with Gasteiger partial charge < -0.3 is 9.26 Å². The number of rotatable bonds is 4. The van der Waals surface area contributed by atoms with Crippen LogP contribution in [0.15, 0.2) is 59.1 Å². The summed E-state index contributed by atoms with van der Waals surface area (Å²) >= 11 is 11.8. The molecule has 23 heavy (non-hydrogen) atoms. The van der Waals surface area contributed by atoms with Gasteiger partial charge in [0, 0.05) is 16.7 Å². The maximum absolute atomic E-state index is 12.0. The molecule has 0 saturated heterocycles. The molecule has 0 saturated carbocycles. The number of carbonyl (C=O) groups is 1. The molecular formula is C17H11Cl2NO3. The average molecular weight is 348 g/mol. The Kier molecular flexibility index (Phi) is 4.65. The first-order chi connectivity index (χ1) is 11.1. The Morgan fingerprint density at radius 3 is 2.65 bits per heavy atom. The lowest BCUT2D eigenvalue weighted by Crippen LogP contribution is -2.06. The number of aromatic nitrogens is 1. The molecule has 0 N–H and O–H groups in total. The molecule has 0 aliphatic rings. The van der Waals surface area contributed by atoms with Crippen LogP contribution in [0.25, 0.3) is 11.3 Å². The van der Waals surface area contributed by atoms with Crippen LogP contribution in [0.2, 0.25) is 10.0 Å². The van der Waals surface area contributed by atoms with Gasteiger partial charge >= 0.3 is 5.97 Å². The number of hydrogen-bond acceptors (Lipinski definition) is 4. The summed E-state index contributed by atoms with van der Waals surface area (Å²) in [5.74, 6) is 0.0409. The zero-order valence-electron chi connectivity index (χ0n) is 11.8. The molecule has 1 heterocycles. The van der Waals surface area contributed by atoms with Crippen molar-refractivity contribution in [1.29, 1.82) is 0 Å². The summed E-state index contributed by atoms with van der Waals surface area (Å²) in [5, 5.41) is 4.58. The van der Waals surface area contributed by atoms with Gasteiger partial charge in [-0.1, -0.05) is 58.7 Å². The number of halogens is 2. The van der Waals surface area contributed by atoms with Crippen molar-refractivity contribution in [1.82, 2.24) is 5.16 Å². The Labute approximate surface area is 142 Å². The maximum Gasteiger partial charge on any atom is 0.340 e. The Balaban J connectivity index is 1.68. The molecule has 116 valence electrons. The SMILES string of the molecule is O=C(OCc1cc(-c2ccccc2)on1)c1cc(Cl)ccc1Cl. The number of ether oxygens (including phenoxy) is 1. The smallest absolute Gasteiger partial charge is 0.340 e. The second-order valence-electron chi connectivity index (χ2n) is 4.75. The molecule has 0 atom stereocenters. The van der Waals surface area contributed by atoms with E-state index in [1.54, 1.807) is 18.2 Å². The molecular weight excluding hydrogens is 337 g/mol. The summed E-state index contributed by atoms with van der Waals surface area (Å²) in [6, 6.07) is 15.9. The van der Waals surface area contributed by atoms with Crippen LogP contribution >= 0.6 is 23.2 Å². The molecule has 3 aromatic rings. The molecule has 1 aromatic heterocycles. The molecule has 0 amide bonds. The first kappa shape index (κ1) is 15.6. The van der Waals surface area contributed by atoms with Crippen molar-refractivity contribution in [3.05, 3.63) is 75.9 Å². The van der Waals surface area contributed by atoms with Crippen molar-refractivity contribution in [3.8, 4) is 11.3 Å². The highest BCUT2D eigenvalue weighted by Gasteiger charge is 2.14. The highest BCUT2D eigenvalue weighted by Crippen LogP contribution is 2.23. The number of benzene rings is 2. The largest absolute Gasteiger partial charge is 0.455 e. The lowest BCUT2D eigenvalue weighted by molar-refractivity contribution is 0.0464. The van der Waals surface area contributed by atoms with Gasteiger partial charge in [0.05, 0.1) is 10.6 Å². The third kappa shape index (κ3) is 3.73. The van der Waals surface area contributed by atoms with E-state index in [1.807, 2.05) is 30.3 Å². The van der Waals surface area contributed by atoms with E-state index in [-0.39, 0.29) is 17.2 Å². The van der Waals surface area contributed by atoms with Gasteiger partial charge in [0.25, 0.3) is 0 Å². The van der Waals surface area contributed by atoms with Crippen molar-refractivity contribution in [2.75, 3.05) is 0 Å². The van der Waals surface area contributed by atoms with Crippen LogP contribution < -0.4 is 0 Å². The van der Waals surface area contributed by atoms with Gasteiger partial charge in [-0.25, -0.2) is 4.79 Å². The first-order valence-corrected chi connectivity index (χ1v) is 7.52. The summed E-state index contributed by atoms with van der Waals surface area (Å²) in [7, 11) is 0. The molecule has 0 radical (unpaired) electrons. The Bertz CT molecular complexity index is 831. The van der Waals surface area contributed by atoms with Gasteiger partial charge in [-0.05, 0) is 18.2 Å². The second-order valence-corrected chi connectivity index (χ2v) is 5.59. The zero-order chi connectivity index (χ0) is 16.2. The number of carbonyl (C=O) groups excluding carboxylic acids is 1. The highest BCUT2D eigenvalue weighted by molar-refractivity contribution is 6.35. The molecule has 0 aliphatic carbocycles. The van der Waals surface area contributed by atoms with Gasteiger partial charge in [-0.15, -0.1) is 0 Å². The lowest BCUT2D eigenvalue weighted by atomic mass is 10.2. The Morgan fingerprint density at radius 1 is 1.09 bits per heavy atom. The van der Waals surface area contributed by atoms with Crippen LogP contribution in [-0.4, -0.2) is 11.1 Å². The standard InChI is InChI=1S/C17H11Cl2NO3/c18-12-6-7-15(19)14(8-12)17(21)22-10-13-9-16(23-20-13)11-4-2-1-3-5-11/h1-9H,10H2. The van der Waals surface area contributed by atoms with E-state index in [1.165, 1.54) is 6.07 Å². The summed E-state index contributed by atoms with van der Waals surface area (Å²) in [4.78, 5) is 12.0. The summed E-state index contributed by atoms with van der Waals surface area (Å²) in [6.07, 6.45) is 0. The van der Waals surface area contributed by atoms with Crippen LogP contribution in [0, 0.1) is 0 Å². The fourth-order valence-electron chi connectivity index (χ4n) is 1.99. The lowest BCUT2D eigenvalue weighted by Gasteiger charge is -2.04. The average Bonchev–Trinajstić information content (AvgIpc) is 3.05. The van der Waals surface area contributed by atoms with Gasteiger partial charge in [-0.3, -0.25) is 0 Å². The third-order valence-corrected chi connectivity index (χ3v) is 3.68. The minimum atomic E-state index is -0.568. The molecule has 0 bridgehead atoms. The van der Waals surface area contributed by atoms with E-state index >= 15 is 0 Å². The van der Waals surface area contributed by atoms with Crippen molar-refractivity contribution in [3.63, 3.8) is 0 Å². The number of nitrogens with zero attached hydrogens (tertiary/aromatic N) is 1. The van der Waals surface area contributed by atoms with Crippen LogP contribution in [0.3, 0.4) is 0 Å². The van der Waals surface area contributed by atoms with Crippen LogP contribution in [0.4, 0.5) is 0 Å². The predicted octanol–water partition coefficient (Wildman–Crippen LogP) is 5.01. The van der Waals surface area contributed by atoms with Crippen molar-refractivity contribution in [2.24, 2.45) is 0 Å². The van der Waals surface area contributed by atoms with Crippen molar-refractivity contribution in [2.45, 2.75) is 6.61 Å². The molecule has 4 nitrogen and oxygen atoms in total. The molecule has 0 spiro atoms. The van der Waals surface area contributed by atoms with E-state index in [2.05, 4.69) is 5.16 Å². The fraction of sp³-hybridized carbons (Fsp3) is 0.0588. The van der Waals surface area contributed by atoms with Gasteiger partial charge in [-0.2, -0.15) is 0 Å². The summed E-state index contributed by atoms with van der Waals surface area (Å²) in [6.45, 7) is -0.0159. The monoisotopic (exact) mass is 347 g/mol. The van der Waals surface area contributed by atoms with E-state index in [0.29, 0.717) is 16.5 Å². The number of hydrogen-bond donors (Lipinski definition) is 0. The molecule has 0 aliphatic heterocycles. The second kappa shape index (κ2) is 6.86. The Morgan fingerprint density at radius 2 is 1.87 bits per heavy atom. The highest BCUT2D eigenvalue weighted by atomic mass is 35.5. The summed E-state index contributed by atoms with van der Waals surface area (Å²) in [5.41, 5.74) is 1.62. The Hall–Kier alpha value is -2.30. The fourth-order valence-corrected chi connectivity index (χ4v) is 2.36. The van der Waals surface area contributed by atoms with E-state index in [0.717, 1.165) is 5.56 Å². The van der Waals surface area contributed by atoms with E-state index in [4.69, 9.17) is 32.5 Å². The molecule has 2 aromatic carbocycles. The van der Waals surface area contributed by atoms with E-state index < -0.39 is 5.97 Å². The van der Waals surface area contributed by atoms with Crippen LogP contribution in [0.1, 0.15) is 16.1 Å². The van der Waals surface area contributed by atoms with Gasteiger partial charge in [0.15, 0.2) is 5.76 Å². The molecule has 0 fully saturated rings. The zero-order valence-corrected chi connectivity index (χ0v) is 13.3.